The molecule has 0 aromatic rings. The van der Waals surface area contributed by atoms with Gasteiger partial charge >= 0.3 is 6.18 Å². The minimum absolute atomic E-state index is 0.0787. The zero-order valence-electron chi connectivity index (χ0n) is 85.5. The molecule has 1 spiro atoms. The van der Waals surface area contributed by atoms with Crippen LogP contribution in [0.3, 0.4) is 0 Å². The molecular weight excluding hydrogens is 1650 g/mol. The van der Waals surface area contributed by atoms with Crippen molar-refractivity contribution in [1.82, 2.24) is 73.9 Å². The van der Waals surface area contributed by atoms with Gasteiger partial charge in [-0.15, -0.1) is 0 Å². The second-order valence-corrected chi connectivity index (χ2v) is 44.1. The number of fused-ring (bicyclic) bond motifs is 2. The maximum atomic E-state index is 12.7. The van der Waals surface area contributed by atoms with Gasteiger partial charge in [0.25, 0.3) is 0 Å². The molecule has 0 aromatic heterocycles. The number of morpholine rings is 1. The summed E-state index contributed by atoms with van der Waals surface area (Å²) in [5.41, 5.74) is 63.2. The van der Waals surface area contributed by atoms with Gasteiger partial charge in [-0.1, -0.05) is 0 Å². The van der Waals surface area contributed by atoms with Gasteiger partial charge in [-0.2, -0.15) is 13.2 Å². The molecule has 22 unspecified atom stereocenters. The van der Waals surface area contributed by atoms with Crippen LogP contribution >= 0.6 is 0 Å². The van der Waals surface area contributed by atoms with Crippen molar-refractivity contribution in [2.45, 2.75) is 195 Å². The van der Waals surface area contributed by atoms with E-state index in [1.165, 1.54) is 156 Å². The van der Waals surface area contributed by atoms with E-state index in [-0.39, 0.29) is 54.4 Å². The van der Waals surface area contributed by atoms with Crippen LogP contribution in [0.1, 0.15) is 111 Å². The molecule has 0 radical (unpaired) electrons. The number of alkyl halides is 5. The van der Waals surface area contributed by atoms with E-state index in [0.717, 1.165) is 128 Å². The number of ether oxygens (including phenoxy) is 3. The Morgan fingerprint density at radius 2 is 0.930 bits per heavy atom. The van der Waals surface area contributed by atoms with Crippen LogP contribution in [0, 0.1) is 70.0 Å². The smallest absolute Gasteiger partial charge is 0.390 e. The molecule has 0 aromatic carbocycles. The summed E-state index contributed by atoms with van der Waals surface area (Å²) in [6.45, 7) is 40.6. The molecule has 4 saturated carbocycles. The molecule has 18 aliphatic rings. The van der Waals surface area contributed by atoms with E-state index in [9.17, 15) is 27.1 Å². The Morgan fingerprint density at radius 3 is 1.23 bits per heavy atom. The van der Waals surface area contributed by atoms with Crippen molar-refractivity contribution in [3.05, 3.63) is 0 Å². The Hall–Kier alpha value is -1.55. The molecule has 0 amide bonds. The third-order valence-corrected chi connectivity index (χ3v) is 31.0. The zero-order chi connectivity index (χ0) is 96.7. The molecule has 30 nitrogen and oxygen atoms in total. The van der Waals surface area contributed by atoms with Gasteiger partial charge in [0.1, 0.15) is 12.3 Å². The topological polar surface area (TPSA) is 392 Å². The van der Waals surface area contributed by atoms with Crippen LogP contribution in [0.25, 0.3) is 0 Å². The van der Waals surface area contributed by atoms with Crippen molar-refractivity contribution in [2.75, 3.05) is 343 Å². The lowest BCUT2D eigenvalue weighted by Crippen LogP contribution is -2.43. The van der Waals surface area contributed by atoms with Gasteiger partial charge in [-0.3, -0.25) is 0 Å². The molecule has 22 atom stereocenters. The van der Waals surface area contributed by atoms with Crippen LogP contribution in [-0.2, 0) is 14.2 Å². The molecule has 35 heteroatoms. The second kappa shape index (κ2) is 56.6. The highest BCUT2D eigenvalue weighted by atomic mass is 19.4. The van der Waals surface area contributed by atoms with Crippen molar-refractivity contribution in [3.8, 4) is 0 Å². The fraction of sp³-hybridized carbons (Fsp3) is 1.00. The largest absolute Gasteiger partial charge is 0.393 e. The highest BCUT2D eigenvalue weighted by Crippen LogP contribution is 2.56. The molecule has 766 valence electrons. The average molecular weight is 1850 g/mol. The highest BCUT2D eigenvalue weighted by molar-refractivity contribution is 5.15. The van der Waals surface area contributed by atoms with E-state index in [2.05, 4.69) is 151 Å². The Balaban J connectivity index is 0.000000247. The predicted octanol–water partition coefficient (Wildman–Crippen LogP) is 0.856. The minimum atomic E-state index is -4.09. The molecule has 14 saturated heterocycles. The van der Waals surface area contributed by atoms with Gasteiger partial charge in [-0.25, -0.2) is 8.78 Å². The van der Waals surface area contributed by atoms with Gasteiger partial charge in [0.15, 0.2) is 0 Å². The maximum Gasteiger partial charge on any atom is 0.393 e. The SMILES string of the molecule is CC(N)C1CCCN(C)C1.CN1CC(CN)C(C(F)(F)F)C1.CN1CC(F)C(CN)C1.CN1CC(N)C(F)C1.CN1CC(N)C2(CC2)C1.CN1CC2CC2(CN)C1.CN1CC2CC2(N)C1.CN1CCC(C(C)(C)O)C1.CN1CCC(C2(N)CC2)C1.CN1CCCC1.CN1CCOC(CN)C1.CNC(C)C1CCN(C)C1.COC1CN(C)CC1CN.COC1CN(C)CC1N. The number of likely N-dealkylation sites (tertiary alicyclic amines) is 13. The van der Waals surface area contributed by atoms with E-state index in [0.29, 0.717) is 86.2 Å². The second-order valence-electron chi connectivity index (χ2n) is 44.1. The summed E-state index contributed by atoms with van der Waals surface area (Å²) >= 11 is 0. The minimum Gasteiger partial charge on any atom is -0.390 e. The van der Waals surface area contributed by atoms with Gasteiger partial charge in [0.2, 0.25) is 0 Å². The number of aliphatic hydroxyl groups is 1. The summed E-state index contributed by atoms with van der Waals surface area (Å²) in [5.74, 6) is 3.64. The van der Waals surface area contributed by atoms with Gasteiger partial charge < -0.3 is 156 Å². The fourth-order valence-electron chi connectivity index (χ4n) is 21.2. The van der Waals surface area contributed by atoms with Gasteiger partial charge in [0, 0.05) is 224 Å². The first-order valence-electron chi connectivity index (χ1n) is 49.6. The number of nitrogens with two attached hydrogens (primary N) is 11. The Kier molecular flexibility index (Phi) is 51.8. The number of nitrogens with zero attached hydrogens (tertiary/aromatic N) is 14. The van der Waals surface area contributed by atoms with Crippen LogP contribution in [0.15, 0.2) is 0 Å². The van der Waals surface area contributed by atoms with Crippen LogP contribution in [0.4, 0.5) is 22.0 Å². The van der Waals surface area contributed by atoms with E-state index in [4.69, 9.17) is 77.3 Å². The molecule has 18 fully saturated rings. The standard InChI is InChI=1S/C8H16N2.2C8H18N2.C8H17NO.C7H13F3N2.C7H16N2O.2C7H14N2.C6H13FN2.2C6H14N2O.C6H12N2.C5H11FN2.C5H11N/c1-10-5-2-7(6-10)8(9)3-4-8;1-7(9-2)8-4-5-10(3)6-8;1-7(9)8-4-3-5-10(2)6-8;1-8(2,10)7-4-5-9(3)6-7;1-12-3-5(2-11)6(4-12)7(8,9)10;1-9-4-6(3-8)7(5-9)10-2;1-9-3-6-2-7(6,4-8)5-9;1-9-4-6(8)7(5-9)2-3-7;1-9-3-5(2-8)6(7)4-9;1-8-3-5(7)6(4-8)9-2;1-8-2-3-9-6(4-7)5-8;1-8-3-5-2-6(5,7)4-8;1-8-2-4(6)5(7)3-8;1-6-4-2-3-5-6/h7H,2-6,9H2,1H3;7-9H,4-6H2,1-3H3;7-8H,3-6,9H2,1-2H3;7,10H,4-6H2,1-3H3;5-6H,2-4,11H2,1H3;6-7H,3-5,8H2,1-2H3;2*6H,2-5,8H2,1H3;5-6H,2-4,8H2,1H3;5-6H,3-4,7H2,1-2H3;6H,2-5,7H2,1H3;5H,2-4,7H2,1H3;4-5H,2-3,7H2,1H3;2-5H2,1H3. The van der Waals surface area contributed by atoms with Crippen LogP contribution in [0.5, 0.6) is 0 Å². The number of halogens is 5. The van der Waals surface area contributed by atoms with Crippen molar-refractivity contribution < 1.29 is 41.3 Å². The van der Waals surface area contributed by atoms with Crippen LogP contribution in [-0.4, -0.2) is 500 Å². The predicted molar refractivity (Wildman–Crippen MR) is 523 cm³/mol. The van der Waals surface area contributed by atoms with Crippen LogP contribution in [0.2, 0.25) is 0 Å². The number of nitrogens with one attached hydrogen (secondary N) is 1. The van der Waals surface area contributed by atoms with Crippen molar-refractivity contribution >= 4 is 0 Å². The molecule has 129 heavy (non-hydrogen) atoms. The van der Waals surface area contributed by atoms with Gasteiger partial charge in [0.05, 0.1) is 36.4 Å². The molecule has 24 N–H and O–H groups in total. The zero-order valence-corrected chi connectivity index (χ0v) is 85.5. The average Bonchev–Trinajstić information content (AvgIpc) is 1.57. The number of rotatable bonds is 12. The lowest BCUT2D eigenvalue weighted by Gasteiger charge is -2.31. The first-order chi connectivity index (χ1) is 60.5. The molecule has 14 aliphatic heterocycles. The Bertz CT molecular complexity index is 2880. The molecule has 18 rings (SSSR count). The Labute approximate surface area is 782 Å². The molecular formula is C94H201F5N26O4. The Morgan fingerprint density at radius 1 is 0.442 bits per heavy atom. The summed E-state index contributed by atoms with van der Waals surface area (Å²) < 4.78 is 77.7. The van der Waals surface area contributed by atoms with Crippen molar-refractivity contribution in [2.24, 2.45) is 133 Å². The maximum absolute atomic E-state index is 12.7. The van der Waals surface area contributed by atoms with Crippen LogP contribution < -0.4 is 68.4 Å². The number of piperidine rings is 3. The van der Waals surface area contributed by atoms with E-state index < -0.39 is 36.0 Å². The van der Waals surface area contributed by atoms with Crippen molar-refractivity contribution in [3.63, 3.8) is 0 Å². The summed E-state index contributed by atoms with van der Waals surface area (Å²) in [4.78, 5) is 31.1. The summed E-state index contributed by atoms with van der Waals surface area (Å²) in [6.07, 6.45) is 12.5. The summed E-state index contributed by atoms with van der Waals surface area (Å²) in [7, 11) is 34.6. The third kappa shape index (κ3) is 41.8. The first kappa shape index (κ1) is 118. The van der Waals surface area contributed by atoms with Gasteiger partial charge in [-0.05, 0) is 329 Å². The number of methoxy groups -OCH3 is 2. The lowest BCUT2D eigenvalue weighted by molar-refractivity contribution is -0.179. The fourth-order valence-corrected chi connectivity index (χ4v) is 21.2. The normalized spacial score (nSPS) is 36.6. The number of hydrogen-bond acceptors (Lipinski definition) is 30. The third-order valence-electron chi connectivity index (χ3n) is 31.0. The summed E-state index contributed by atoms with van der Waals surface area (Å²) in [5, 5.41) is 12.9. The van der Waals surface area contributed by atoms with Crippen molar-refractivity contribution in [1.29, 1.82) is 0 Å². The van der Waals surface area contributed by atoms with E-state index in [1.54, 1.807) is 26.2 Å². The number of hydrogen-bond donors (Lipinski definition) is 13. The van der Waals surface area contributed by atoms with E-state index in [1.807, 2.05) is 44.8 Å². The number of likely N-dealkylation sites (N-methyl/N-ethyl adjacent to an activating group) is 6. The highest BCUT2D eigenvalue weighted by Gasteiger charge is 2.58. The lowest BCUT2D eigenvalue weighted by atomic mass is 9.91. The van der Waals surface area contributed by atoms with E-state index >= 15 is 0 Å². The first-order valence-corrected chi connectivity index (χ1v) is 49.6. The molecule has 0 bridgehead atoms. The summed E-state index contributed by atoms with van der Waals surface area (Å²) in [6, 6.07) is 1.50. The molecule has 14 heterocycles. The monoisotopic (exact) mass is 1850 g/mol. The molecule has 4 aliphatic carbocycles. The quantitative estimate of drug-likeness (QED) is 0.121.